The molecule has 2 N–H and O–H groups in total. The maximum absolute atomic E-state index is 12.6. The molecule has 156 valence electrons. The summed E-state index contributed by atoms with van der Waals surface area (Å²) in [7, 11) is 1.60. The largest absolute Gasteiger partial charge is 0.434 e. The van der Waals surface area contributed by atoms with Gasteiger partial charge in [-0.2, -0.15) is 13.2 Å². The normalized spacial score (nSPS) is 11.8. The lowest BCUT2D eigenvalue weighted by atomic mass is 10.1. The fourth-order valence-corrected chi connectivity index (χ4v) is 3.18. The summed E-state index contributed by atoms with van der Waals surface area (Å²) < 4.78 is 39.8. The van der Waals surface area contributed by atoms with Crippen LogP contribution < -0.4 is 10.6 Å². The third kappa shape index (κ3) is 6.99. The van der Waals surface area contributed by atoms with Gasteiger partial charge in [-0.25, -0.2) is 9.97 Å². The number of thiazole rings is 1. The zero-order valence-electron chi connectivity index (χ0n) is 15.5. The van der Waals surface area contributed by atoms with Gasteiger partial charge in [-0.15, -0.1) is 35.3 Å². The maximum atomic E-state index is 12.6. The Kier molecular flexibility index (Phi) is 8.44. The molecule has 0 radical (unpaired) electrons. The molecule has 0 atom stereocenters. The lowest BCUT2D eigenvalue weighted by Crippen LogP contribution is -2.36. The number of benzene rings is 1. The average Bonchev–Trinajstić information content (AvgIpc) is 3.35. The second kappa shape index (κ2) is 10.6. The molecule has 0 aliphatic heterocycles. The number of guanidine groups is 1. The smallest absolute Gasteiger partial charge is 0.352 e. The zero-order valence-corrected chi connectivity index (χ0v) is 18.6. The van der Waals surface area contributed by atoms with E-state index in [1.165, 1.54) is 0 Å². The standard InChI is InChI=1S/C18H19F3N6S.HI/c1-22-17(25-9-16-26-15(11-28-16)18(19,20)21)24-8-13-2-4-14(5-3-13)10-27-7-6-23-12-27;/h2-7,11-12H,8-10H2,1H3,(H2,22,24,25);1H. The molecule has 2 heterocycles. The highest BCUT2D eigenvalue weighted by molar-refractivity contribution is 14.0. The average molecular weight is 536 g/mol. The van der Waals surface area contributed by atoms with Gasteiger partial charge in [-0.3, -0.25) is 4.99 Å². The topological polar surface area (TPSA) is 67.1 Å². The molecule has 0 amide bonds. The Bertz CT molecular complexity index is 907. The minimum absolute atomic E-state index is 0. The molecule has 0 saturated carbocycles. The van der Waals surface area contributed by atoms with Gasteiger partial charge in [0.25, 0.3) is 0 Å². The van der Waals surface area contributed by atoms with Gasteiger partial charge in [0.15, 0.2) is 11.7 Å². The van der Waals surface area contributed by atoms with Crippen molar-refractivity contribution in [3.05, 3.63) is 70.2 Å². The van der Waals surface area contributed by atoms with Crippen molar-refractivity contribution >= 4 is 41.3 Å². The van der Waals surface area contributed by atoms with Crippen molar-refractivity contribution in [3.8, 4) is 0 Å². The molecule has 1 aromatic carbocycles. The Morgan fingerprint density at radius 1 is 1.14 bits per heavy atom. The minimum Gasteiger partial charge on any atom is -0.352 e. The Hall–Kier alpha value is -2.15. The van der Waals surface area contributed by atoms with Gasteiger partial charge in [-0.1, -0.05) is 24.3 Å². The van der Waals surface area contributed by atoms with Crippen LogP contribution in [0.4, 0.5) is 13.2 Å². The van der Waals surface area contributed by atoms with Gasteiger partial charge in [0.1, 0.15) is 5.01 Å². The number of rotatable bonds is 6. The fraction of sp³-hybridized carbons (Fsp3) is 0.278. The zero-order chi connectivity index (χ0) is 20.0. The predicted molar refractivity (Wildman–Crippen MR) is 117 cm³/mol. The Labute approximate surface area is 187 Å². The molecule has 11 heteroatoms. The first kappa shape index (κ1) is 23.1. The minimum atomic E-state index is -4.42. The maximum Gasteiger partial charge on any atom is 0.434 e. The van der Waals surface area contributed by atoms with Gasteiger partial charge < -0.3 is 15.2 Å². The van der Waals surface area contributed by atoms with Crippen LogP contribution in [0.5, 0.6) is 0 Å². The highest BCUT2D eigenvalue weighted by atomic mass is 127. The van der Waals surface area contributed by atoms with Crippen LogP contribution in [0.2, 0.25) is 0 Å². The molecule has 3 rings (SSSR count). The summed E-state index contributed by atoms with van der Waals surface area (Å²) in [6, 6.07) is 8.12. The first-order chi connectivity index (χ1) is 13.4. The second-order valence-electron chi connectivity index (χ2n) is 5.96. The van der Waals surface area contributed by atoms with Crippen LogP contribution in [0.3, 0.4) is 0 Å². The van der Waals surface area contributed by atoms with E-state index in [9.17, 15) is 13.2 Å². The molecule has 6 nitrogen and oxygen atoms in total. The van der Waals surface area contributed by atoms with Crippen LogP contribution in [-0.4, -0.2) is 27.5 Å². The van der Waals surface area contributed by atoms with E-state index >= 15 is 0 Å². The van der Waals surface area contributed by atoms with Crippen molar-refractivity contribution in [2.45, 2.75) is 25.8 Å². The molecule has 2 aromatic heterocycles. The summed E-state index contributed by atoms with van der Waals surface area (Å²) in [6.45, 7) is 1.46. The van der Waals surface area contributed by atoms with E-state index in [1.807, 2.05) is 35.0 Å². The monoisotopic (exact) mass is 536 g/mol. The molecule has 0 unspecified atom stereocenters. The summed E-state index contributed by atoms with van der Waals surface area (Å²) in [5.74, 6) is 0.492. The molecule has 0 aliphatic carbocycles. The lowest BCUT2D eigenvalue weighted by molar-refractivity contribution is -0.140. The Morgan fingerprint density at radius 2 is 1.83 bits per heavy atom. The summed E-state index contributed by atoms with van der Waals surface area (Å²) in [6.07, 6.45) is 1.00. The number of hydrogen-bond donors (Lipinski definition) is 2. The van der Waals surface area contributed by atoms with Crippen molar-refractivity contribution in [3.63, 3.8) is 0 Å². The van der Waals surface area contributed by atoms with Gasteiger partial charge >= 0.3 is 6.18 Å². The van der Waals surface area contributed by atoms with Gasteiger partial charge in [0.2, 0.25) is 0 Å². The summed E-state index contributed by atoms with van der Waals surface area (Å²) in [4.78, 5) is 11.7. The number of nitrogens with one attached hydrogen (secondary N) is 2. The van der Waals surface area contributed by atoms with Gasteiger partial charge in [0.05, 0.1) is 12.9 Å². The number of hydrogen-bond acceptors (Lipinski definition) is 4. The van der Waals surface area contributed by atoms with Crippen molar-refractivity contribution in [2.75, 3.05) is 7.05 Å². The molecule has 29 heavy (non-hydrogen) atoms. The van der Waals surface area contributed by atoms with Crippen LogP contribution in [0.15, 0.2) is 53.4 Å². The molecular formula is C18H20F3IN6S. The van der Waals surface area contributed by atoms with Crippen molar-refractivity contribution in [1.82, 2.24) is 25.2 Å². The first-order valence-electron chi connectivity index (χ1n) is 8.43. The van der Waals surface area contributed by atoms with Gasteiger partial charge in [0, 0.05) is 37.9 Å². The molecule has 0 aliphatic rings. The Balaban J connectivity index is 0.00000300. The van der Waals surface area contributed by atoms with E-state index in [1.54, 1.807) is 19.6 Å². The molecule has 0 fully saturated rings. The van der Waals surface area contributed by atoms with Crippen LogP contribution in [0, 0.1) is 0 Å². The highest BCUT2D eigenvalue weighted by Crippen LogP contribution is 2.29. The number of aromatic nitrogens is 3. The van der Waals surface area contributed by atoms with Crippen LogP contribution >= 0.6 is 35.3 Å². The van der Waals surface area contributed by atoms with Gasteiger partial charge in [-0.05, 0) is 11.1 Å². The molecule has 0 spiro atoms. The fourth-order valence-electron chi connectivity index (χ4n) is 2.44. The third-order valence-corrected chi connectivity index (χ3v) is 4.73. The molecule has 0 bridgehead atoms. The van der Waals surface area contributed by atoms with Crippen molar-refractivity contribution in [1.29, 1.82) is 0 Å². The quantitative estimate of drug-likeness (QED) is 0.285. The van der Waals surface area contributed by atoms with E-state index < -0.39 is 11.9 Å². The number of alkyl halides is 3. The molecule has 0 saturated heterocycles. The van der Waals surface area contributed by atoms with Crippen molar-refractivity contribution in [2.24, 2.45) is 4.99 Å². The number of aliphatic imine (C=N–C) groups is 1. The van der Waals surface area contributed by atoms with E-state index in [-0.39, 0.29) is 30.5 Å². The van der Waals surface area contributed by atoms with Crippen molar-refractivity contribution < 1.29 is 13.2 Å². The Morgan fingerprint density at radius 3 is 2.41 bits per heavy atom. The second-order valence-corrected chi connectivity index (χ2v) is 6.90. The van der Waals surface area contributed by atoms with Crippen LogP contribution in [0.25, 0.3) is 0 Å². The SMILES string of the molecule is CN=C(NCc1ccc(Cn2ccnc2)cc1)NCc1nc(C(F)(F)F)cs1.I. The highest BCUT2D eigenvalue weighted by Gasteiger charge is 2.33. The third-order valence-electron chi connectivity index (χ3n) is 3.88. The molecule has 3 aromatic rings. The van der Waals surface area contributed by atoms with E-state index in [2.05, 4.69) is 25.6 Å². The van der Waals surface area contributed by atoms with E-state index in [0.717, 1.165) is 34.4 Å². The molecular weight excluding hydrogens is 516 g/mol. The number of nitrogens with zero attached hydrogens (tertiary/aromatic N) is 4. The van der Waals surface area contributed by atoms with Crippen LogP contribution in [-0.2, 0) is 25.8 Å². The van der Waals surface area contributed by atoms with E-state index in [0.29, 0.717) is 17.5 Å². The first-order valence-corrected chi connectivity index (χ1v) is 9.31. The van der Waals surface area contributed by atoms with E-state index in [4.69, 9.17) is 0 Å². The summed E-state index contributed by atoms with van der Waals surface area (Å²) >= 11 is 0.963. The summed E-state index contributed by atoms with van der Waals surface area (Å²) in [5.41, 5.74) is 1.35. The number of halogens is 4. The predicted octanol–water partition coefficient (Wildman–Crippen LogP) is 3.89. The lowest BCUT2D eigenvalue weighted by Gasteiger charge is -2.11. The number of imidazole rings is 1. The summed E-state index contributed by atoms with van der Waals surface area (Å²) in [5, 5.41) is 7.47. The van der Waals surface area contributed by atoms with Crippen LogP contribution in [0.1, 0.15) is 21.8 Å².